The van der Waals surface area contributed by atoms with Gasteiger partial charge in [-0.25, -0.2) is 0 Å². The molecular formula is C12H14ClNO2S. The Hall–Kier alpha value is -0.940. The molecule has 0 spiro atoms. The molecule has 0 unspecified atom stereocenters. The maximum Gasteiger partial charge on any atom is 0.161 e. The number of fused-ring (bicyclic) bond motifs is 1. The molecule has 17 heavy (non-hydrogen) atoms. The van der Waals surface area contributed by atoms with Gasteiger partial charge >= 0.3 is 0 Å². The molecule has 3 nitrogen and oxygen atoms in total. The molecule has 0 radical (unpaired) electrons. The molecule has 0 aliphatic heterocycles. The Bertz CT molecular complexity index is 510. The third-order valence-electron chi connectivity index (χ3n) is 2.06. The highest BCUT2D eigenvalue weighted by atomic mass is 35.5. The highest BCUT2D eigenvalue weighted by molar-refractivity contribution is 7.21. The number of hydrogen-bond acceptors (Lipinski definition) is 4. The minimum absolute atomic E-state index is 0.502. The summed E-state index contributed by atoms with van der Waals surface area (Å²) >= 11 is 7.40. The minimum atomic E-state index is 0.502. The highest BCUT2D eigenvalue weighted by Crippen LogP contribution is 2.34. The molecule has 1 aromatic carbocycles. The van der Waals surface area contributed by atoms with Crippen molar-refractivity contribution < 1.29 is 9.53 Å². The normalized spacial score (nSPS) is 9.88. The fourth-order valence-corrected chi connectivity index (χ4v) is 2.69. The van der Waals surface area contributed by atoms with Gasteiger partial charge in [-0.2, -0.15) is 0 Å². The summed E-state index contributed by atoms with van der Waals surface area (Å²) in [5.41, 5.74) is 6.57. The summed E-state index contributed by atoms with van der Waals surface area (Å²) in [4.78, 5) is 11.2. The number of carbonyl (C=O) groups is 1. The Labute approximate surface area is 109 Å². The molecule has 2 N–H and O–H groups in total. The van der Waals surface area contributed by atoms with Gasteiger partial charge in [0.05, 0.1) is 9.90 Å². The van der Waals surface area contributed by atoms with Crippen molar-refractivity contribution in [2.75, 3.05) is 14.2 Å². The average Bonchev–Trinajstić information content (AvgIpc) is 2.66. The molecule has 0 aliphatic carbocycles. The van der Waals surface area contributed by atoms with Gasteiger partial charge in [0.15, 0.2) is 6.29 Å². The number of ether oxygens (including phenoxy) is 1. The molecule has 2 rings (SSSR count). The van der Waals surface area contributed by atoms with Crippen LogP contribution >= 0.6 is 22.9 Å². The second-order valence-corrected chi connectivity index (χ2v) is 4.80. The van der Waals surface area contributed by atoms with Crippen molar-refractivity contribution >= 4 is 39.3 Å². The molecule has 0 amide bonds. The summed E-state index contributed by atoms with van der Waals surface area (Å²) < 4.78 is 5.26. The van der Waals surface area contributed by atoms with Crippen molar-refractivity contribution in [3.63, 3.8) is 0 Å². The molecule has 0 saturated heterocycles. The lowest BCUT2D eigenvalue weighted by Gasteiger charge is -1.95. The first-order valence-electron chi connectivity index (χ1n) is 4.94. The van der Waals surface area contributed by atoms with E-state index in [0.717, 1.165) is 21.9 Å². The Balaban J connectivity index is 0.000000437. The van der Waals surface area contributed by atoms with E-state index in [2.05, 4.69) is 4.74 Å². The second kappa shape index (κ2) is 6.71. The summed E-state index contributed by atoms with van der Waals surface area (Å²) in [6, 6.07) is 5.80. The molecule has 92 valence electrons. The van der Waals surface area contributed by atoms with Gasteiger partial charge in [0, 0.05) is 30.9 Å². The van der Waals surface area contributed by atoms with Crippen molar-refractivity contribution in [2.24, 2.45) is 5.73 Å². The zero-order valence-electron chi connectivity index (χ0n) is 9.70. The van der Waals surface area contributed by atoms with Crippen molar-refractivity contribution in [1.29, 1.82) is 0 Å². The van der Waals surface area contributed by atoms with Crippen molar-refractivity contribution in [3.8, 4) is 0 Å². The zero-order chi connectivity index (χ0) is 12.8. The lowest BCUT2D eigenvalue weighted by Crippen LogP contribution is -1.94. The van der Waals surface area contributed by atoms with Crippen LogP contribution < -0.4 is 5.73 Å². The molecule has 0 bridgehead atoms. The number of methoxy groups -OCH3 is 1. The average molecular weight is 272 g/mol. The fraction of sp³-hybridized carbons (Fsp3) is 0.250. The van der Waals surface area contributed by atoms with Crippen LogP contribution in [0.15, 0.2) is 18.2 Å². The molecule has 2 aromatic rings. The number of nitrogens with two attached hydrogens (primary N) is 1. The molecule has 0 saturated carbocycles. The van der Waals surface area contributed by atoms with E-state index < -0.39 is 0 Å². The van der Waals surface area contributed by atoms with Gasteiger partial charge in [-0.1, -0.05) is 23.7 Å². The summed E-state index contributed by atoms with van der Waals surface area (Å²) in [6.07, 6.45) is 0.787. The van der Waals surface area contributed by atoms with Crippen molar-refractivity contribution in [1.82, 2.24) is 0 Å². The number of carbonyl (C=O) groups excluding carboxylic acids is 1. The Morgan fingerprint density at radius 1 is 1.47 bits per heavy atom. The quantitative estimate of drug-likeness (QED) is 0.854. The first-order chi connectivity index (χ1) is 8.17. The van der Waals surface area contributed by atoms with E-state index in [1.165, 1.54) is 11.3 Å². The van der Waals surface area contributed by atoms with Gasteiger partial charge in [-0.15, -0.1) is 11.3 Å². The van der Waals surface area contributed by atoms with Crippen LogP contribution in [-0.2, 0) is 11.3 Å². The summed E-state index contributed by atoms with van der Waals surface area (Å²) in [6.45, 7) is 0.502. The van der Waals surface area contributed by atoms with E-state index in [1.54, 1.807) is 14.2 Å². The third-order valence-corrected chi connectivity index (χ3v) is 3.66. The Morgan fingerprint density at radius 2 is 2.12 bits per heavy atom. The predicted molar refractivity (Wildman–Crippen MR) is 73.0 cm³/mol. The fourth-order valence-electron chi connectivity index (χ4n) is 1.33. The summed E-state index contributed by atoms with van der Waals surface area (Å²) in [5.74, 6) is 0. The van der Waals surface area contributed by atoms with Crippen LogP contribution in [-0.4, -0.2) is 20.5 Å². The molecular weight excluding hydrogens is 258 g/mol. The van der Waals surface area contributed by atoms with E-state index in [4.69, 9.17) is 17.3 Å². The number of hydrogen-bond donors (Lipinski definition) is 1. The van der Waals surface area contributed by atoms with Crippen LogP contribution in [0.2, 0.25) is 5.02 Å². The predicted octanol–water partition coefficient (Wildman–Crippen LogP) is 3.09. The molecule has 0 atom stereocenters. The standard InChI is InChI=1S/C10H8ClNOS.C2H6O/c11-10-7-2-1-6(4-12)3-8(7)14-9(10)5-13;1-3-2/h1-3,5H,4,12H2;1-2H3. The Kier molecular flexibility index (Phi) is 5.58. The number of rotatable bonds is 2. The topological polar surface area (TPSA) is 52.3 Å². The van der Waals surface area contributed by atoms with Crippen LogP contribution in [0.25, 0.3) is 10.1 Å². The maximum absolute atomic E-state index is 10.7. The largest absolute Gasteiger partial charge is 0.388 e. The second-order valence-electron chi connectivity index (χ2n) is 3.34. The minimum Gasteiger partial charge on any atom is -0.388 e. The van der Waals surface area contributed by atoms with Gasteiger partial charge in [0.25, 0.3) is 0 Å². The van der Waals surface area contributed by atoms with Crippen LogP contribution in [0, 0.1) is 0 Å². The first-order valence-corrected chi connectivity index (χ1v) is 6.13. The molecule has 0 fully saturated rings. The summed E-state index contributed by atoms with van der Waals surface area (Å²) in [7, 11) is 3.25. The number of thiophene rings is 1. The Morgan fingerprint density at radius 3 is 2.65 bits per heavy atom. The SMILES string of the molecule is COC.NCc1ccc2c(Cl)c(C=O)sc2c1. The lowest BCUT2D eigenvalue weighted by atomic mass is 10.2. The van der Waals surface area contributed by atoms with E-state index >= 15 is 0 Å². The summed E-state index contributed by atoms with van der Waals surface area (Å²) in [5, 5.41) is 1.47. The van der Waals surface area contributed by atoms with Crippen LogP contribution in [0.3, 0.4) is 0 Å². The molecule has 1 heterocycles. The van der Waals surface area contributed by atoms with Crippen LogP contribution in [0.4, 0.5) is 0 Å². The van der Waals surface area contributed by atoms with Gasteiger partial charge in [-0.3, -0.25) is 4.79 Å². The third kappa shape index (κ3) is 3.26. The monoisotopic (exact) mass is 271 g/mol. The number of halogens is 1. The van der Waals surface area contributed by atoms with E-state index in [-0.39, 0.29) is 0 Å². The van der Waals surface area contributed by atoms with Crippen molar-refractivity contribution in [2.45, 2.75) is 6.54 Å². The molecule has 0 aliphatic rings. The van der Waals surface area contributed by atoms with Gasteiger partial charge in [0.2, 0.25) is 0 Å². The van der Waals surface area contributed by atoms with Crippen LogP contribution in [0.5, 0.6) is 0 Å². The van der Waals surface area contributed by atoms with Crippen molar-refractivity contribution in [3.05, 3.63) is 33.7 Å². The van der Waals surface area contributed by atoms with E-state index in [1.807, 2.05) is 18.2 Å². The van der Waals surface area contributed by atoms with Gasteiger partial charge in [-0.05, 0) is 11.6 Å². The zero-order valence-corrected chi connectivity index (χ0v) is 11.3. The smallest absolute Gasteiger partial charge is 0.161 e. The van der Waals surface area contributed by atoms with E-state index in [9.17, 15) is 4.79 Å². The first kappa shape index (κ1) is 14.1. The maximum atomic E-state index is 10.7. The van der Waals surface area contributed by atoms with Gasteiger partial charge < -0.3 is 10.5 Å². The molecule has 1 aromatic heterocycles. The van der Waals surface area contributed by atoms with Crippen LogP contribution in [0.1, 0.15) is 15.2 Å². The number of benzene rings is 1. The highest BCUT2D eigenvalue weighted by Gasteiger charge is 2.09. The lowest BCUT2D eigenvalue weighted by molar-refractivity contribution is 0.112. The molecule has 5 heteroatoms. The van der Waals surface area contributed by atoms with Gasteiger partial charge in [0.1, 0.15) is 0 Å². The van der Waals surface area contributed by atoms with E-state index in [0.29, 0.717) is 16.4 Å². The number of aldehydes is 1.